The van der Waals surface area contributed by atoms with Crippen LogP contribution in [0.4, 0.5) is 14.5 Å². The molecule has 0 aromatic heterocycles. The van der Waals surface area contributed by atoms with Gasteiger partial charge in [-0.25, -0.2) is 8.78 Å². The van der Waals surface area contributed by atoms with E-state index in [1.165, 1.54) is 17.9 Å². The van der Waals surface area contributed by atoms with Crippen LogP contribution in [0, 0.1) is 18.6 Å². The number of nitrogens with zero attached hydrogens (tertiary/aromatic N) is 1. The minimum atomic E-state index is -0.836. The lowest BCUT2D eigenvalue weighted by molar-refractivity contribution is -0.129. The molecule has 4 nitrogen and oxygen atoms in total. The third-order valence-corrected chi connectivity index (χ3v) is 3.90. The second-order valence-electron chi connectivity index (χ2n) is 5.76. The van der Waals surface area contributed by atoms with E-state index in [1.807, 2.05) is 31.2 Å². The minimum Gasteiger partial charge on any atom is -0.338 e. The van der Waals surface area contributed by atoms with Gasteiger partial charge in [0, 0.05) is 26.4 Å². The van der Waals surface area contributed by atoms with E-state index in [9.17, 15) is 18.4 Å². The van der Waals surface area contributed by atoms with Crippen LogP contribution in [0.3, 0.4) is 0 Å². The van der Waals surface area contributed by atoms with Crippen LogP contribution in [-0.4, -0.2) is 23.3 Å². The number of carbonyl (C=O) groups excluding carboxylic acids is 2. The van der Waals surface area contributed by atoms with E-state index < -0.39 is 23.2 Å². The molecule has 0 spiro atoms. The van der Waals surface area contributed by atoms with E-state index in [0.29, 0.717) is 6.54 Å². The number of anilines is 1. The fourth-order valence-electron chi connectivity index (χ4n) is 2.40. The minimum absolute atomic E-state index is 0.0563. The largest absolute Gasteiger partial charge is 0.338 e. The van der Waals surface area contributed by atoms with Crippen LogP contribution in [0.1, 0.15) is 24.5 Å². The van der Waals surface area contributed by atoms with Crippen molar-refractivity contribution in [1.29, 1.82) is 0 Å². The van der Waals surface area contributed by atoms with Gasteiger partial charge in [-0.1, -0.05) is 30.3 Å². The zero-order valence-corrected chi connectivity index (χ0v) is 14.2. The molecular formula is C19H20F2N2O2. The Morgan fingerprint density at radius 3 is 2.28 bits per heavy atom. The fourth-order valence-corrected chi connectivity index (χ4v) is 2.40. The van der Waals surface area contributed by atoms with Crippen molar-refractivity contribution >= 4 is 17.5 Å². The number of carbonyl (C=O) groups is 2. The second kappa shape index (κ2) is 8.37. The number of para-hydroxylation sites is 1. The van der Waals surface area contributed by atoms with E-state index in [1.54, 1.807) is 0 Å². The Balaban J connectivity index is 1.98. The predicted molar refractivity (Wildman–Crippen MR) is 91.9 cm³/mol. The summed E-state index contributed by atoms with van der Waals surface area (Å²) in [6.07, 6.45) is -0.0563. The van der Waals surface area contributed by atoms with Gasteiger partial charge in [0.2, 0.25) is 11.8 Å². The molecule has 0 heterocycles. The lowest BCUT2D eigenvalue weighted by atomic mass is 10.1. The predicted octanol–water partition coefficient (Wildman–Crippen LogP) is 3.65. The topological polar surface area (TPSA) is 49.4 Å². The molecule has 0 aliphatic carbocycles. The lowest BCUT2D eigenvalue weighted by Gasteiger charge is -2.22. The summed E-state index contributed by atoms with van der Waals surface area (Å²) in [6, 6.07) is 11.0. The van der Waals surface area contributed by atoms with Crippen molar-refractivity contribution in [2.75, 3.05) is 11.9 Å². The van der Waals surface area contributed by atoms with Crippen molar-refractivity contribution in [1.82, 2.24) is 4.90 Å². The van der Waals surface area contributed by atoms with Gasteiger partial charge in [0.25, 0.3) is 0 Å². The lowest BCUT2D eigenvalue weighted by Crippen LogP contribution is -2.32. The number of rotatable bonds is 6. The van der Waals surface area contributed by atoms with Gasteiger partial charge in [0.15, 0.2) is 0 Å². The van der Waals surface area contributed by atoms with Crippen LogP contribution in [0.15, 0.2) is 42.5 Å². The summed E-state index contributed by atoms with van der Waals surface area (Å²) in [6.45, 7) is 3.91. The first-order chi connectivity index (χ1) is 11.9. The van der Waals surface area contributed by atoms with E-state index in [-0.39, 0.29) is 18.9 Å². The SMILES string of the molecule is CC(=O)N(CCC(=O)Nc1c(F)cccc1F)Cc1ccccc1C. The van der Waals surface area contributed by atoms with Gasteiger partial charge >= 0.3 is 0 Å². The van der Waals surface area contributed by atoms with Gasteiger partial charge in [-0.15, -0.1) is 0 Å². The van der Waals surface area contributed by atoms with Crippen LogP contribution in [0.2, 0.25) is 0 Å². The Bertz CT molecular complexity index is 758. The number of hydrogen-bond acceptors (Lipinski definition) is 2. The van der Waals surface area contributed by atoms with Crippen molar-refractivity contribution in [2.24, 2.45) is 0 Å². The second-order valence-corrected chi connectivity index (χ2v) is 5.76. The van der Waals surface area contributed by atoms with Crippen LogP contribution in [-0.2, 0) is 16.1 Å². The molecule has 0 saturated heterocycles. The Morgan fingerprint density at radius 1 is 1.04 bits per heavy atom. The first-order valence-electron chi connectivity index (χ1n) is 7.92. The molecule has 132 valence electrons. The Hall–Kier alpha value is -2.76. The highest BCUT2D eigenvalue weighted by atomic mass is 19.1. The molecule has 2 amide bonds. The molecule has 0 atom stereocenters. The molecule has 0 aliphatic heterocycles. The summed E-state index contributed by atoms with van der Waals surface area (Å²) in [5.74, 6) is -2.40. The molecule has 0 saturated carbocycles. The molecule has 25 heavy (non-hydrogen) atoms. The molecule has 2 aromatic carbocycles. The van der Waals surface area contributed by atoms with Gasteiger partial charge in [-0.2, -0.15) is 0 Å². The zero-order chi connectivity index (χ0) is 18.4. The molecule has 2 aromatic rings. The molecule has 0 fully saturated rings. The molecular weight excluding hydrogens is 326 g/mol. The van der Waals surface area contributed by atoms with Gasteiger partial charge in [-0.3, -0.25) is 9.59 Å². The average molecular weight is 346 g/mol. The number of hydrogen-bond donors (Lipinski definition) is 1. The monoisotopic (exact) mass is 346 g/mol. The number of halogens is 2. The van der Waals surface area contributed by atoms with E-state index >= 15 is 0 Å². The zero-order valence-electron chi connectivity index (χ0n) is 14.2. The van der Waals surface area contributed by atoms with Crippen molar-refractivity contribution in [2.45, 2.75) is 26.8 Å². The average Bonchev–Trinajstić information content (AvgIpc) is 2.56. The maximum absolute atomic E-state index is 13.6. The summed E-state index contributed by atoms with van der Waals surface area (Å²) in [4.78, 5) is 25.3. The van der Waals surface area contributed by atoms with Crippen molar-refractivity contribution < 1.29 is 18.4 Å². The molecule has 0 unspecified atom stereocenters. The van der Waals surface area contributed by atoms with Crippen molar-refractivity contribution in [3.63, 3.8) is 0 Å². The molecule has 1 N–H and O–H groups in total. The first kappa shape index (κ1) is 18.6. The first-order valence-corrected chi connectivity index (χ1v) is 7.92. The standard InChI is InChI=1S/C19H20F2N2O2/c1-13-6-3-4-7-15(13)12-23(14(2)24)11-10-18(25)22-19-16(20)8-5-9-17(19)21/h3-9H,10-12H2,1-2H3,(H,22,25). The van der Waals surface area contributed by atoms with E-state index in [2.05, 4.69) is 5.32 Å². The molecule has 2 rings (SSSR count). The highest BCUT2D eigenvalue weighted by molar-refractivity contribution is 5.91. The molecule has 0 radical (unpaired) electrons. The maximum atomic E-state index is 13.6. The maximum Gasteiger partial charge on any atom is 0.226 e. The smallest absolute Gasteiger partial charge is 0.226 e. The highest BCUT2D eigenvalue weighted by Gasteiger charge is 2.15. The Kier molecular flexibility index (Phi) is 6.22. The number of amides is 2. The van der Waals surface area contributed by atoms with Gasteiger partial charge in [0.05, 0.1) is 0 Å². The van der Waals surface area contributed by atoms with Crippen LogP contribution >= 0.6 is 0 Å². The molecule has 0 bridgehead atoms. The molecule has 6 heteroatoms. The Labute approximate surface area is 145 Å². The van der Waals surface area contributed by atoms with Crippen LogP contribution in [0.5, 0.6) is 0 Å². The summed E-state index contributed by atoms with van der Waals surface area (Å²) in [5.41, 5.74) is 1.56. The fraction of sp³-hybridized carbons (Fsp3) is 0.263. The van der Waals surface area contributed by atoms with E-state index in [4.69, 9.17) is 0 Å². The van der Waals surface area contributed by atoms with Crippen LogP contribution in [0.25, 0.3) is 0 Å². The molecule has 0 aliphatic rings. The van der Waals surface area contributed by atoms with Gasteiger partial charge in [-0.05, 0) is 30.2 Å². The quantitative estimate of drug-likeness (QED) is 0.868. The summed E-state index contributed by atoms with van der Waals surface area (Å²) < 4.78 is 27.1. The summed E-state index contributed by atoms with van der Waals surface area (Å²) in [5, 5.41) is 2.22. The van der Waals surface area contributed by atoms with Gasteiger partial charge < -0.3 is 10.2 Å². The van der Waals surface area contributed by atoms with Crippen LogP contribution < -0.4 is 5.32 Å². The number of benzene rings is 2. The summed E-state index contributed by atoms with van der Waals surface area (Å²) in [7, 11) is 0. The number of aryl methyl sites for hydroxylation is 1. The van der Waals surface area contributed by atoms with E-state index in [0.717, 1.165) is 23.3 Å². The Morgan fingerprint density at radius 2 is 1.68 bits per heavy atom. The van der Waals surface area contributed by atoms with Gasteiger partial charge in [0.1, 0.15) is 17.3 Å². The highest BCUT2D eigenvalue weighted by Crippen LogP contribution is 2.18. The number of nitrogens with one attached hydrogen (secondary N) is 1. The third kappa shape index (κ3) is 5.11. The normalized spacial score (nSPS) is 10.4. The summed E-state index contributed by atoms with van der Waals surface area (Å²) >= 11 is 0. The third-order valence-electron chi connectivity index (χ3n) is 3.90. The van der Waals surface area contributed by atoms with Crippen molar-refractivity contribution in [3.8, 4) is 0 Å². The van der Waals surface area contributed by atoms with Crippen molar-refractivity contribution in [3.05, 3.63) is 65.2 Å².